The molecule has 15 heavy (non-hydrogen) atoms. The van der Waals surface area contributed by atoms with Gasteiger partial charge in [0.15, 0.2) is 0 Å². The minimum Gasteiger partial charge on any atom is -0.399 e. The number of aromatic nitrogens is 2. The summed E-state index contributed by atoms with van der Waals surface area (Å²) < 4.78 is 1.63. The van der Waals surface area contributed by atoms with Crippen LogP contribution in [0.3, 0.4) is 0 Å². The molecule has 5 heteroatoms. The van der Waals surface area contributed by atoms with E-state index in [1.54, 1.807) is 22.9 Å². The number of benzene rings is 1. The molecule has 0 saturated carbocycles. The van der Waals surface area contributed by atoms with Crippen LogP contribution in [-0.4, -0.2) is 9.55 Å². The number of nitrogens with two attached hydrogens (primary N) is 1. The molecular formula is C10H9ClN4. The van der Waals surface area contributed by atoms with Crippen LogP contribution >= 0.6 is 11.6 Å². The van der Waals surface area contributed by atoms with Gasteiger partial charge in [0.25, 0.3) is 0 Å². The number of rotatable bonds is 1. The first-order chi connectivity index (χ1) is 7.16. The highest BCUT2D eigenvalue weighted by atomic mass is 35.5. The van der Waals surface area contributed by atoms with Crippen LogP contribution in [0.1, 0.15) is 0 Å². The summed E-state index contributed by atoms with van der Waals surface area (Å²) in [4.78, 5) is 3.81. The molecule has 1 aromatic carbocycles. The molecule has 0 radical (unpaired) electrons. The molecule has 1 aromatic heterocycles. The van der Waals surface area contributed by atoms with E-state index >= 15 is 0 Å². The standard InChI is InChI=1S/C10H9ClN4/c11-9-6-15(10(13)5-14-9)8-3-1-7(12)2-4-8/h1-6,13H,12H2. The van der Waals surface area contributed by atoms with Gasteiger partial charge in [0.2, 0.25) is 0 Å². The Morgan fingerprint density at radius 2 is 1.93 bits per heavy atom. The highest BCUT2D eigenvalue weighted by Gasteiger charge is 1.98. The lowest BCUT2D eigenvalue weighted by molar-refractivity contribution is 0.897. The van der Waals surface area contributed by atoms with E-state index in [9.17, 15) is 0 Å². The van der Waals surface area contributed by atoms with Crippen LogP contribution in [0.5, 0.6) is 0 Å². The van der Waals surface area contributed by atoms with Crippen LogP contribution in [0.25, 0.3) is 5.69 Å². The quantitative estimate of drug-likeness (QED) is 0.717. The largest absolute Gasteiger partial charge is 0.399 e. The van der Waals surface area contributed by atoms with Gasteiger partial charge >= 0.3 is 0 Å². The molecule has 0 aliphatic heterocycles. The summed E-state index contributed by atoms with van der Waals surface area (Å²) >= 11 is 5.76. The fraction of sp³-hybridized carbons (Fsp3) is 0. The first-order valence-corrected chi connectivity index (χ1v) is 4.69. The van der Waals surface area contributed by atoms with Crippen molar-refractivity contribution in [3.63, 3.8) is 0 Å². The zero-order valence-corrected chi connectivity index (χ0v) is 8.57. The molecule has 2 aromatic rings. The van der Waals surface area contributed by atoms with Gasteiger partial charge in [-0.1, -0.05) is 11.6 Å². The Kier molecular flexibility index (Phi) is 2.43. The third-order valence-corrected chi connectivity index (χ3v) is 2.17. The van der Waals surface area contributed by atoms with Gasteiger partial charge in [-0.25, -0.2) is 4.98 Å². The summed E-state index contributed by atoms with van der Waals surface area (Å²) in [6.45, 7) is 0. The fourth-order valence-electron chi connectivity index (χ4n) is 1.24. The topological polar surface area (TPSA) is 67.7 Å². The minimum absolute atomic E-state index is 0.268. The summed E-state index contributed by atoms with van der Waals surface area (Å²) in [7, 11) is 0. The van der Waals surface area contributed by atoms with Crippen molar-refractivity contribution < 1.29 is 0 Å². The van der Waals surface area contributed by atoms with E-state index in [0.29, 0.717) is 10.8 Å². The first kappa shape index (κ1) is 9.73. The van der Waals surface area contributed by atoms with Gasteiger partial charge < -0.3 is 5.73 Å². The van der Waals surface area contributed by atoms with Crippen molar-refractivity contribution in [1.82, 2.24) is 9.55 Å². The zero-order valence-electron chi connectivity index (χ0n) is 7.81. The van der Waals surface area contributed by atoms with Crippen LogP contribution in [0.15, 0.2) is 36.7 Å². The van der Waals surface area contributed by atoms with Crippen molar-refractivity contribution in [1.29, 1.82) is 5.41 Å². The van der Waals surface area contributed by atoms with Gasteiger partial charge in [0.05, 0.1) is 6.20 Å². The second-order valence-electron chi connectivity index (χ2n) is 3.06. The molecule has 3 N–H and O–H groups in total. The molecule has 0 fully saturated rings. The average molecular weight is 221 g/mol. The van der Waals surface area contributed by atoms with E-state index in [4.69, 9.17) is 22.7 Å². The number of halogens is 1. The van der Waals surface area contributed by atoms with Crippen LogP contribution in [0.2, 0.25) is 5.15 Å². The molecule has 0 spiro atoms. The van der Waals surface area contributed by atoms with E-state index < -0.39 is 0 Å². The summed E-state index contributed by atoms with van der Waals surface area (Å²) in [5.41, 5.74) is 7.36. The Balaban J connectivity index is 2.58. The molecule has 0 atom stereocenters. The second-order valence-corrected chi connectivity index (χ2v) is 3.44. The average Bonchev–Trinajstić information content (AvgIpc) is 2.23. The van der Waals surface area contributed by atoms with Crippen LogP contribution < -0.4 is 11.2 Å². The molecule has 76 valence electrons. The monoisotopic (exact) mass is 220 g/mol. The van der Waals surface area contributed by atoms with E-state index in [-0.39, 0.29) is 5.49 Å². The van der Waals surface area contributed by atoms with Gasteiger partial charge in [-0.2, -0.15) is 0 Å². The van der Waals surface area contributed by atoms with Crippen molar-refractivity contribution in [3.05, 3.63) is 47.3 Å². The van der Waals surface area contributed by atoms with Gasteiger partial charge in [0.1, 0.15) is 10.6 Å². The lowest BCUT2D eigenvalue weighted by Gasteiger charge is -2.06. The number of nitrogens with one attached hydrogen (secondary N) is 1. The smallest absolute Gasteiger partial charge is 0.148 e. The van der Waals surface area contributed by atoms with Crippen molar-refractivity contribution in [2.24, 2.45) is 0 Å². The third kappa shape index (κ3) is 1.99. The maximum absolute atomic E-state index is 7.67. The van der Waals surface area contributed by atoms with E-state index in [1.165, 1.54) is 6.20 Å². The third-order valence-electron chi connectivity index (χ3n) is 1.98. The van der Waals surface area contributed by atoms with Crippen molar-refractivity contribution in [2.45, 2.75) is 0 Å². The number of hydrogen-bond acceptors (Lipinski definition) is 3. The van der Waals surface area contributed by atoms with E-state index in [1.807, 2.05) is 12.1 Å². The van der Waals surface area contributed by atoms with Gasteiger partial charge in [0, 0.05) is 17.6 Å². The van der Waals surface area contributed by atoms with Crippen LogP contribution in [-0.2, 0) is 0 Å². The molecule has 2 rings (SSSR count). The van der Waals surface area contributed by atoms with Gasteiger partial charge in [-0.15, -0.1) is 0 Å². The van der Waals surface area contributed by atoms with E-state index in [0.717, 1.165) is 5.69 Å². The van der Waals surface area contributed by atoms with Crippen LogP contribution in [0.4, 0.5) is 5.69 Å². The molecule has 0 saturated heterocycles. The Morgan fingerprint density at radius 1 is 1.27 bits per heavy atom. The first-order valence-electron chi connectivity index (χ1n) is 4.31. The Bertz CT molecular complexity index is 530. The zero-order chi connectivity index (χ0) is 10.8. The Hall–Kier alpha value is -1.81. The summed E-state index contributed by atoms with van der Waals surface area (Å²) in [5.74, 6) is 0. The molecule has 4 nitrogen and oxygen atoms in total. The number of hydrogen-bond donors (Lipinski definition) is 2. The second kappa shape index (κ2) is 3.74. The molecule has 0 unspecified atom stereocenters. The Labute approximate surface area is 91.5 Å². The lowest BCUT2D eigenvalue weighted by Crippen LogP contribution is -2.17. The fourth-order valence-corrected chi connectivity index (χ4v) is 1.39. The molecular weight excluding hydrogens is 212 g/mol. The van der Waals surface area contributed by atoms with E-state index in [2.05, 4.69) is 4.98 Å². The van der Waals surface area contributed by atoms with Crippen LogP contribution in [0, 0.1) is 5.41 Å². The summed E-state index contributed by atoms with van der Waals surface area (Å²) in [6, 6.07) is 7.19. The van der Waals surface area contributed by atoms with Gasteiger partial charge in [-0.05, 0) is 24.3 Å². The maximum Gasteiger partial charge on any atom is 0.148 e. The SMILES string of the molecule is N=c1cnc(Cl)cn1-c1ccc(N)cc1. The number of anilines is 1. The molecule has 0 bridgehead atoms. The van der Waals surface area contributed by atoms with Crippen molar-refractivity contribution >= 4 is 17.3 Å². The molecule has 0 aliphatic rings. The predicted octanol–water partition coefficient (Wildman–Crippen LogP) is 1.59. The van der Waals surface area contributed by atoms with Crippen molar-refractivity contribution in [2.75, 3.05) is 5.73 Å². The number of nitrogens with zero attached hydrogens (tertiary/aromatic N) is 2. The molecule has 0 amide bonds. The normalized spacial score (nSPS) is 10.2. The Morgan fingerprint density at radius 3 is 2.60 bits per heavy atom. The highest BCUT2D eigenvalue weighted by Crippen LogP contribution is 2.10. The molecule has 1 heterocycles. The minimum atomic E-state index is 0.268. The van der Waals surface area contributed by atoms with Gasteiger partial charge in [-0.3, -0.25) is 9.98 Å². The number of nitrogen functional groups attached to an aromatic ring is 1. The lowest BCUT2D eigenvalue weighted by atomic mass is 10.3. The van der Waals surface area contributed by atoms with Crippen molar-refractivity contribution in [3.8, 4) is 5.69 Å². The highest BCUT2D eigenvalue weighted by molar-refractivity contribution is 6.29. The summed E-state index contributed by atoms with van der Waals surface area (Å²) in [6.07, 6.45) is 2.99. The molecule has 0 aliphatic carbocycles. The predicted molar refractivity (Wildman–Crippen MR) is 58.8 cm³/mol. The summed E-state index contributed by atoms with van der Waals surface area (Å²) in [5, 5.41) is 8.02. The maximum atomic E-state index is 7.67.